The Kier molecular flexibility index (Phi) is 5.52. The molecule has 1 aromatic carbocycles. The third kappa shape index (κ3) is 4.19. The molecule has 0 fully saturated rings. The van der Waals surface area contributed by atoms with E-state index in [1.165, 1.54) is 35.3 Å². The Labute approximate surface area is 170 Å². The van der Waals surface area contributed by atoms with E-state index in [0.717, 1.165) is 10.4 Å². The number of nitrogens with zero attached hydrogens (tertiary/aromatic N) is 3. The Bertz CT molecular complexity index is 1110. The smallest absolute Gasteiger partial charge is 0.293 e. The van der Waals surface area contributed by atoms with Gasteiger partial charge in [-0.25, -0.2) is 14.4 Å². The van der Waals surface area contributed by atoms with Crippen LogP contribution in [0.5, 0.6) is 5.75 Å². The van der Waals surface area contributed by atoms with E-state index in [1.54, 1.807) is 39.2 Å². The first-order chi connectivity index (χ1) is 13.6. The second kappa shape index (κ2) is 7.75. The van der Waals surface area contributed by atoms with Gasteiger partial charge in [-0.05, 0) is 31.5 Å². The van der Waals surface area contributed by atoms with Gasteiger partial charge >= 0.3 is 0 Å². The zero-order valence-corrected chi connectivity index (χ0v) is 17.3. The van der Waals surface area contributed by atoms with E-state index in [4.69, 9.17) is 0 Å². The second-order valence-electron chi connectivity index (χ2n) is 7.18. The maximum Gasteiger partial charge on any atom is 0.293 e. The van der Waals surface area contributed by atoms with Crippen LogP contribution in [-0.2, 0) is 16.8 Å². The minimum absolute atomic E-state index is 0.0594. The van der Waals surface area contributed by atoms with Crippen LogP contribution in [0, 0.1) is 5.82 Å². The standard InChI is InChI=1S/C20H21FN4O3S/c1-11(26)25(4)20(2,3)19-23-15(16(27)17(28)24-19)18-22-10-14(29-18)9-12-5-7-13(21)8-6-12/h5-8,10,27H,9H2,1-4H3,(H,23,24,28). The van der Waals surface area contributed by atoms with Gasteiger partial charge < -0.3 is 15.0 Å². The lowest BCUT2D eigenvalue weighted by Gasteiger charge is -2.34. The summed E-state index contributed by atoms with van der Waals surface area (Å²) in [5, 5.41) is 10.6. The van der Waals surface area contributed by atoms with Crippen molar-refractivity contribution in [2.75, 3.05) is 7.05 Å². The highest BCUT2D eigenvalue weighted by molar-refractivity contribution is 7.15. The number of amides is 1. The molecular formula is C20H21FN4O3S. The molecule has 0 aliphatic heterocycles. The van der Waals surface area contributed by atoms with Crippen LogP contribution in [0.15, 0.2) is 35.3 Å². The molecule has 152 valence electrons. The molecule has 3 aromatic rings. The molecule has 29 heavy (non-hydrogen) atoms. The number of benzene rings is 1. The molecule has 0 unspecified atom stereocenters. The maximum atomic E-state index is 13.1. The highest BCUT2D eigenvalue weighted by atomic mass is 32.1. The molecule has 0 radical (unpaired) electrons. The Hall–Kier alpha value is -3.07. The normalized spacial score (nSPS) is 11.5. The van der Waals surface area contributed by atoms with Crippen LogP contribution >= 0.6 is 11.3 Å². The average Bonchev–Trinajstić information content (AvgIpc) is 3.13. The molecule has 0 aliphatic rings. The monoisotopic (exact) mass is 416 g/mol. The number of hydrogen-bond donors (Lipinski definition) is 2. The largest absolute Gasteiger partial charge is 0.501 e. The van der Waals surface area contributed by atoms with Gasteiger partial charge in [0.1, 0.15) is 22.3 Å². The van der Waals surface area contributed by atoms with Gasteiger partial charge in [-0.2, -0.15) is 0 Å². The molecule has 7 nitrogen and oxygen atoms in total. The van der Waals surface area contributed by atoms with Crippen molar-refractivity contribution in [3.8, 4) is 16.5 Å². The van der Waals surface area contributed by atoms with Crippen LogP contribution in [0.2, 0.25) is 0 Å². The number of halogens is 1. The van der Waals surface area contributed by atoms with E-state index in [9.17, 15) is 19.1 Å². The number of thiazole rings is 1. The fraction of sp³-hybridized carbons (Fsp3) is 0.300. The molecule has 0 saturated heterocycles. The molecule has 0 bridgehead atoms. The van der Waals surface area contributed by atoms with Crippen molar-refractivity contribution < 1.29 is 14.3 Å². The Morgan fingerprint density at radius 2 is 1.97 bits per heavy atom. The molecule has 3 rings (SSSR count). The number of nitrogens with one attached hydrogen (secondary N) is 1. The van der Waals surface area contributed by atoms with Crippen molar-refractivity contribution in [2.45, 2.75) is 32.7 Å². The summed E-state index contributed by atoms with van der Waals surface area (Å²) in [6.07, 6.45) is 2.17. The Morgan fingerprint density at radius 3 is 2.59 bits per heavy atom. The lowest BCUT2D eigenvalue weighted by atomic mass is 10.0. The van der Waals surface area contributed by atoms with Crippen molar-refractivity contribution >= 4 is 17.2 Å². The molecule has 0 aliphatic carbocycles. The van der Waals surface area contributed by atoms with Gasteiger partial charge in [-0.1, -0.05) is 12.1 Å². The van der Waals surface area contributed by atoms with Crippen molar-refractivity contribution in [3.05, 3.63) is 62.9 Å². The van der Waals surface area contributed by atoms with Crippen molar-refractivity contribution in [2.24, 2.45) is 0 Å². The zero-order valence-electron chi connectivity index (χ0n) is 16.5. The number of hydrogen-bond acceptors (Lipinski definition) is 6. The summed E-state index contributed by atoms with van der Waals surface area (Å²) in [6, 6.07) is 6.16. The van der Waals surface area contributed by atoms with Gasteiger partial charge in [0.2, 0.25) is 11.7 Å². The van der Waals surface area contributed by atoms with Crippen LogP contribution in [0.1, 0.15) is 37.0 Å². The first-order valence-electron chi connectivity index (χ1n) is 8.87. The third-order valence-electron chi connectivity index (χ3n) is 4.83. The Balaban J connectivity index is 1.98. The number of carbonyl (C=O) groups is 1. The summed E-state index contributed by atoms with van der Waals surface area (Å²) in [4.78, 5) is 37.7. The second-order valence-corrected chi connectivity index (χ2v) is 8.30. The summed E-state index contributed by atoms with van der Waals surface area (Å²) in [6.45, 7) is 4.91. The molecule has 2 N–H and O–H groups in total. The third-order valence-corrected chi connectivity index (χ3v) is 5.84. The molecule has 9 heteroatoms. The van der Waals surface area contributed by atoms with E-state index >= 15 is 0 Å². The lowest BCUT2D eigenvalue weighted by molar-refractivity contribution is -0.132. The SMILES string of the molecule is CC(=O)N(C)C(C)(C)c1nc(-c2ncc(Cc3ccc(F)cc3)s2)c(O)c(=O)[nH]1. The molecule has 2 heterocycles. The van der Waals surface area contributed by atoms with Crippen LogP contribution in [0.25, 0.3) is 10.7 Å². The number of aromatic amines is 1. The quantitative estimate of drug-likeness (QED) is 0.666. The fourth-order valence-electron chi connectivity index (χ4n) is 2.76. The van der Waals surface area contributed by atoms with Crippen molar-refractivity contribution in [3.63, 3.8) is 0 Å². The molecule has 0 spiro atoms. The molecule has 2 aromatic heterocycles. The van der Waals surface area contributed by atoms with Gasteiger partial charge in [0, 0.05) is 31.5 Å². The summed E-state index contributed by atoms with van der Waals surface area (Å²) in [7, 11) is 1.61. The average molecular weight is 416 g/mol. The fourth-order valence-corrected chi connectivity index (χ4v) is 3.70. The number of aromatic nitrogens is 3. The first-order valence-corrected chi connectivity index (χ1v) is 9.69. The summed E-state index contributed by atoms with van der Waals surface area (Å²) in [5.74, 6) is -0.786. The van der Waals surface area contributed by atoms with E-state index in [2.05, 4.69) is 15.0 Å². The maximum absolute atomic E-state index is 13.1. The van der Waals surface area contributed by atoms with E-state index in [1.807, 2.05) is 0 Å². The number of aromatic hydroxyl groups is 1. The molecule has 1 amide bonds. The molecule has 0 saturated carbocycles. The zero-order chi connectivity index (χ0) is 21.3. The van der Waals surface area contributed by atoms with Gasteiger partial charge in [0.15, 0.2) is 0 Å². The summed E-state index contributed by atoms with van der Waals surface area (Å²) in [5.41, 5.74) is -0.634. The van der Waals surface area contributed by atoms with Crippen LogP contribution in [0.4, 0.5) is 4.39 Å². The van der Waals surface area contributed by atoms with Crippen molar-refractivity contribution in [1.82, 2.24) is 19.9 Å². The predicted octanol–water partition coefficient (Wildman–Crippen LogP) is 3.04. The highest BCUT2D eigenvalue weighted by Crippen LogP contribution is 2.32. The number of carbonyl (C=O) groups excluding carboxylic acids is 1. The minimum atomic E-state index is -0.901. The van der Waals surface area contributed by atoms with Gasteiger partial charge in [-0.15, -0.1) is 11.3 Å². The van der Waals surface area contributed by atoms with Crippen LogP contribution in [-0.4, -0.2) is 37.9 Å². The summed E-state index contributed by atoms with van der Waals surface area (Å²) < 4.78 is 13.1. The van der Waals surface area contributed by atoms with Crippen LogP contribution in [0.3, 0.4) is 0 Å². The molecule has 0 atom stereocenters. The first kappa shape index (κ1) is 20.7. The van der Waals surface area contributed by atoms with Crippen molar-refractivity contribution in [1.29, 1.82) is 0 Å². The number of H-pyrrole nitrogens is 1. The number of rotatable bonds is 5. The van der Waals surface area contributed by atoms with Crippen LogP contribution < -0.4 is 5.56 Å². The van der Waals surface area contributed by atoms with Gasteiger partial charge in [0.05, 0.1) is 5.54 Å². The summed E-state index contributed by atoms with van der Waals surface area (Å²) >= 11 is 1.28. The highest BCUT2D eigenvalue weighted by Gasteiger charge is 2.32. The van der Waals surface area contributed by atoms with Gasteiger partial charge in [0.25, 0.3) is 5.56 Å². The van der Waals surface area contributed by atoms with Gasteiger partial charge in [-0.3, -0.25) is 9.59 Å². The van der Waals surface area contributed by atoms with E-state index in [0.29, 0.717) is 11.4 Å². The predicted molar refractivity (Wildman–Crippen MR) is 108 cm³/mol. The van der Waals surface area contributed by atoms with E-state index < -0.39 is 16.8 Å². The lowest BCUT2D eigenvalue weighted by Crippen LogP contribution is -2.43. The minimum Gasteiger partial charge on any atom is -0.501 e. The molecular weight excluding hydrogens is 395 g/mol. The van der Waals surface area contributed by atoms with E-state index in [-0.39, 0.29) is 23.2 Å². The topological polar surface area (TPSA) is 99.2 Å². The Morgan fingerprint density at radius 1 is 1.31 bits per heavy atom.